The van der Waals surface area contributed by atoms with Crippen LogP contribution in [0.1, 0.15) is 5.56 Å². The van der Waals surface area contributed by atoms with Gasteiger partial charge in [0.2, 0.25) is 0 Å². The summed E-state index contributed by atoms with van der Waals surface area (Å²) < 4.78 is 0. The van der Waals surface area contributed by atoms with Crippen molar-refractivity contribution in [1.29, 1.82) is 0 Å². The maximum absolute atomic E-state index is 5.76. The molecule has 0 aliphatic heterocycles. The van der Waals surface area contributed by atoms with E-state index in [2.05, 4.69) is 4.98 Å². The van der Waals surface area contributed by atoms with Crippen molar-refractivity contribution in [3.05, 3.63) is 36.0 Å². The molecule has 0 saturated carbocycles. The lowest BCUT2D eigenvalue weighted by molar-refractivity contribution is 1.27. The molecule has 16 heavy (non-hydrogen) atoms. The summed E-state index contributed by atoms with van der Waals surface area (Å²) in [6, 6.07) is 7.48. The van der Waals surface area contributed by atoms with Crippen LogP contribution in [0.5, 0.6) is 0 Å². The number of hydrogen-bond acceptors (Lipinski definition) is 1. The van der Waals surface area contributed by atoms with Gasteiger partial charge in [-0.1, -0.05) is 18.2 Å². The third-order valence-electron chi connectivity index (χ3n) is 2.45. The molecule has 1 aromatic carbocycles. The van der Waals surface area contributed by atoms with Gasteiger partial charge in [-0.05, 0) is 24.1 Å². The lowest BCUT2D eigenvalue weighted by atomic mass is 9.71. The maximum atomic E-state index is 5.76. The molecule has 0 fully saturated rings. The summed E-state index contributed by atoms with van der Waals surface area (Å²) in [5.41, 5.74) is 4.22. The zero-order chi connectivity index (χ0) is 11.7. The van der Waals surface area contributed by atoms with Crippen LogP contribution in [0.2, 0.25) is 0 Å². The van der Waals surface area contributed by atoms with Crippen LogP contribution < -0.4 is 16.4 Å². The Kier molecular flexibility index (Phi) is 2.91. The number of hydrogen-bond donors (Lipinski definition) is 0. The van der Waals surface area contributed by atoms with E-state index in [1.807, 2.05) is 19.1 Å². The normalized spacial score (nSPS) is 10.3. The van der Waals surface area contributed by atoms with E-state index in [0.29, 0.717) is 16.4 Å². The molecule has 0 spiro atoms. The van der Waals surface area contributed by atoms with Gasteiger partial charge in [-0.3, -0.25) is 4.98 Å². The fraction of sp³-hybridized carbons (Fsp3) is 0.0833. The SMILES string of the molecule is [B]c1cc(-c2ccc(C)cn2)cc([B])c1[B]. The van der Waals surface area contributed by atoms with E-state index in [0.717, 1.165) is 16.8 Å². The largest absolute Gasteiger partial charge is 0.256 e. The Morgan fingerprint density at radius 2 is 1.62 bits per heavy atom. The van der Waals surface area contributed by atoms with Crippen LogP contribution in [0, 0.1) is 6.92 Å². The molecule has 0 unspecified atom stereocenters. The van der Waals surface area contributed by atoms with Gasteiger partial charge in [0, 0.05) is 6.20 Å². The standard InChI is InChI=1S/C12H8B3N/c1-7-2-3-11(16-6-7)8-4-9(13)12(15)10(14)5-8/h2-6H,1H3. The van der Waals surface area contributed by atoms with Crippen LogP contribution in [0.25, 0.3) is 11.3 Å². The number of aromatic nitrogens is 1. The molecule has 1 nitrogen and oxygen atoms in total. The minimum Gasteiger partial charge on any atom is -0.256 e. The Labute approximate surface area is 99.5 Å². The molecular formula is C12H8B3N. The second-order valence-corrected chi connectivity index (χ2v) is 3.79. The molecule has 0 aliphatic carbocycles. The molecule has 0 atom stereocenters. The molecule has 1 aromatic heterocycles. The molecule has 2 aromatic rings. The van der Waals surface area contributed by atoms with E-state index < -0.39 is 0 Å². The van der Waals surface area contributed by atoms with E-state index in [9.17, 15) is 0 Å². The first kappa shape index (κ1) is 11.1. The molecular weight excluding hydrogens is 191 g/mol. The van der Waals surface area contributed by atoms with E-state index >= 15 is 0 Å². The van der Waals surface area contributed by atoms with Crippen molar-refractivity contribution in [2.45, 2.75) is 6.92 Å². The van der Waals surface area contributed by atoms with Crippen molar-refractivity contribution in [1.82, 2.24) is 4.98 Å². The van der Waals surface area contributed by atoms with Gasteiger partial charge < -0.3 is 0 Å². The quantitative estimate of drug-likeness (QED) is 0.560. The smallest absolute Gasteiger partial charge is 0.112 e. The maximum Gasteiger partial charge on any atom is 0.112 e. The Hall–Kier alpha value is -1.44. The molecule has 2 rings (SSSR count). The van der Waals surface area contributed by atoms with Crippen molar-refractivity contribution in [3.8, 4) is 11.3 Å². The summed E-state index contributed by atoms with van der Waals surface area (Å²) in [4.78, 5) is 4.31. The van der Waals surface area contributed by atoms with Crippen molar-refractivity contribution in [3.63, 3.8) is 0 Å². The van der Waals surface area contributed by atoms with Gasteiger partial charge in [-0.25, -0.2) is 0 Å². The predicted octanol–water partition coefficient (Wildman–Crippen LogP) is -0.562. The summed E-state index contributed by atoms with van der Waals surface area (Å²) in [6.45, 7) is 1.99. The van der Waals surface area contributed by atoms with Gasteiger partial charge in [0.25, 0.3) is 0 Å². The number of nitrogens with zero attached hydrogens (tertiary/aromatic N) is 1. The van der Waals surface area contributed by atoms with Gasteiger partial charge in [0.05, 0.1) is 5.69 Å². The van der Waals surface area contributed by atoms with E-state index in [1.54, 1.807) is 18.3 Å². The van der Waals surface area contributed by atoms with E-state index in [4.69, 9.17) is 23.5 Å². The minimum absolute atomic E-state index is 0.427. The highest BCUT2D eigenvalue weighted by Gasteiger charge is 2.03. The third-order valence-corrected chi connectivity index (χ3v) is 2.45. The molecule has 4 heteroatoms. The first-order valence-corrected chi connectivity index (χ1v) is 4.95. The number of rotatable bonds is 1. The Balaban J connectivity index is 2.52. The molecule has 0 saturated heterocycles. The molecule has 0 amide bonds. The van der Waals surface area contributed by atoms with E-state index in [-0.39, 0.29) is 0 Å². The highest BCUT2D eigenvalue weighted by atomic mass is 14.7. The number of benzene rings is 1. The Bertz CT molecular complexity index is 497. The van der Waals surface area contributed by atoms with Crippen LogP contribution in [0.3, 0.4) is 0 Å². The summed E-state index contributed by atoms with van der Waals surface area (Å²) in [7, 11) is 17.2. The molecule has 6 radical (unpaired) electrons. The Morgan fingerprint density at radius 1 is 1.00 bits per heavy atom. The zero-order valence-electron chi connectivity index (χ0n) is 9.07. The summed E-state index contributed by atoms with van der Waals surface area (Å²) in [5.74, 6) is 0. The van der Waals surface area contributed by atoms with Crippen LogP contribution >= 0.6 is 0 Å². The molecule has 0 N–H and O–H groups in total. The predicted molar refractivity (Wildman–Crippen MR) is 70.6 cm³/mol. The minimum atomic E-state index is 0.427. The molecule has 0 bridgehead atoms. The average molecular weight is 199 g/mol. The zero-order valence-corrected chi connectivity index (χ0v) is 9.07. The highest BCUT2D eigenvalue weighted by Crippen LogP contribution is 2.13. The summed E-state index contributed by atoms with van der Waals surface area (Å²) in [5, 5.41) is 0. The van der Waals surface area contributed by atoms with E-state index in [1.165, 1.54) is 0 Å². The fourth-order valence-electron chi connectivity index (χ4n) is 1.49. The lowest BCUT2D eigenvalue weighted by Crippen LogP contribution is -2.38. The van der Waals surface area contributed by atoms with Crippen molar-refractivity contribution >= 4 is 39.9 Å². The fourth-order valence-corrected chi connectivity index (χ4v) is 1.49. The van der Waals surface area contributed by atoms with Gasteiger partial charge in [0.15, 0.2) is 0 Å². The number of aryl methyl sites for hydroxylation is 1. The van der Waals surface area contributed by atoms with Gasteiger partial charge in [0.1, 0.15) is 23.5 Å². The van der Waals surface area contributed by atoms with Crippen LogP contribution in [0.15, 0.2) is 30.5 Å². The number of pyridine rings is 1. The Morgan fingerprint density at radius 3 is 2.12 bits per heavy atom. The van der Waals surface area contributed by atoms with Gasteiger partial charge in [-0.2, -0.15) is 0 Å². The van der Waals surface area contributed by atoms with Gasteiger partial charge in [-0.15, -0.1) is 16.4 Å². The van der Waals surface area contributed by atoms with Crippen LogP contribution in [0.4, 0.5) is 0 Å². The third kappa shape index (κ3) is 2.06. The topological polar surface area (TPSA) is 12.9 Å². The average Bonchev–Trinajstić information content (AvgIpc) is 2.26. The molecule has 0 aliphatic rings. The molecule has 70 valence electrons. The summed E-state index contributed by atoms with van der Waals surface area (Å²) >= 11 is 0. The highest BCUT2D eigenvalue weighted by molar-refractivity contribution is 6.57. The second-order valence-electron chi connectivity index (χ2n) is 3.79. The first-order valence-electron chi connectivity index (χ1n) is 4.95. The van der Waals surface area contributed by atoms with Crippen LogP contribution in [-0.2, 0) is 0 Å². The van der Waals surface area contributed by atoms with Crippen molar-refractivity contribution in [2.24, 2.45) is 0 Å². The van der Waals surface area contributed by atoms with Gasteiger partial charge >= 0.3 is 0 Å². The monoisotopic (exact) mass is 199 g/mol. The van der Waals surface area contributed by atoms with Crippen LogP contribution in [-0.4, -0.2) is 28.5 Å². The lowest BCUT2D eigenvalue weighted by Gasteiger charge is -2.10. The van der Waals surface area contributed by atoms with Crippen molar-refractivity contribution in [2.75, 3.05) is 0 Å². The van der Waals surface area contributed by atoms with Crippen molar-refractivity contribution < 1.29 is 0 Å². The molecule has 1 heterocycles. The summed E-state index contributed by atoms with van der Waals surface area (Å²) in [6.07, 6.45) is 1.80. The second kappa shape index (κ2) is 4.21. The first-order chi connectivity index (χ1) is 7.58.